The van der Waals surface area contributed by atoms with Gasteiger partial charge in [-0.1, -0.05) is 30.1 Å². The van der Waals surface area contributed by atoms with Crippen molar-refractivity contribution in [3.8, 4) is 0 Å². The van der Waals surface area contributed by atoms with Gasteiger partial charge in [0.2, 0.25) is 0 Å². The second kappa shape index (κ2) is 12.9. The Morgan fingerprint density at radius 1 is 1.13 bits per heavy atom. The third kappa shape index (κ3) is 6.46. The number of hydrogen-bond acceptors (Lipinski definition) is 10. The molecule has 4 heterocycles. The van der Waals surface area contributed by atoms with Gasteiger partial charge in [0, 0.05) is 58.4 Å². The molecule has 2 aliphatic heterocycles. The van der Waals surface area contributed by atoms with Crippen molar-refractivity contribution < 1.29 is 14.7 Å². The number of amides is 2. The number of aliphatic hydroxyl groups excluding tert-OH is 1. The lowest BCUT2D eigenvalue weighted by atomic mass is 9.97. The van der Waals surface area contributed by atoms with Crippen LogP contribution < -0.4 is 21.3 Å². The first-order valence-electron chi connectivity index (χ1n) is 13.1. The molecule has 14 heteroatoms. The smallest absolute Gasteiger partial charge is 0.273 e. The summed E-state index contributed by atoms with van der Waals surface area (Å²) in [5.41, 5.74) is 6.51. The summed E-state index contributed by atoms with van der Waals surface area (Å²) in [5, 5.41) is 14.9. The molecule has 0 radical (unpaired) electrons. The minimum absolute atomic E-state index is 0.00493. The van der Waals surface area contributed by atoms with Gasteiger partial charge in [0.05, 0.1) is 12.2 Å². The number of piperazine rings is 1. The Bertz CT molecular complexity index is 1190. The highest BCUT2D eigenvalue weighted by Gasteiger charge is 2.35. The maximum absolute atomic E-state index is 13.2. The normalized spacial score (nSPS) is 18.7. The van der Waals surface area contributed by atoms with E-state index in [1.165, 1.54) is 0 Å². The fraction of sp³-hybridized carbons (Fsp3) is 0.560. The molecule has 2 fully saturated rings. The topological polar surface area (TPSA) is 153 Å². The molecule has 2 aromatic heterocycles. The van der Waals surface area contributed by atoms with E-state index in [9.17, 15) is 9.59 Å². The van der Waals surface area contributed by atoms with Crippen LogP contribution in [-0.2, 0) is 0 Å². The van der Waals surface area contributed by atoms with Crippen LogP contribution in [0, 0.1) is 0 Å². The predicted molar refractivity (Wildman–Crippen MR) is 152 cm³/mol. The molecule has 12 nitrogen and oxygen atoms in total. The summed E-state index contributed by atoms with van der Waals surface area (Å²) in [6, 6.07) is 3.97. The Labute approximate surface area is 237 Å². The second-order valence-electron chi connectivity index (χ2n) is 9.60. The molecule has 0 spiro atoms. The number of nitrogens with one attached hydrogen (secondary N) is 2. The van der Waals surface area contributed by atoms with Gasteiger partial charge in [-0.2, -0.15) is 0 Å². The van der Waals surface area contributed by atoms with Crippen molar-refractivity contribution in [1.82, 2.24) is 30.1 Å². The van der Waals surface area contributed by atoms with E-state index >= 15 is 0 Å². The van der Waals surface area contributed by atoms with Crippen molar-refractivity contribution in [2.75, 3.05) is 68.9 Å². The SMILES string of the molecule is CC[C@H]1CN(c2nc(N)c(C(=O)NCCO)nc2Cl)CCN1C1CCN(C(=O)c2ccc(Cl)nc2NC)CC1. The van der Waals surface area contributed by atoms with E-state index < -0.39 is 5.91 Å². The van der Waals surface area contributed by atoms with E-state index in [-0.39, 0.29) is 41.8 Å². The fourth-order valence-electron chi connectivity index (χ4n) is 5.32. The highest BCUT2D eigenvalue weighted by atomic mass is 35.5. The molecule has 0 aromatic carbocycles. The number of likely N-dealkylation sites (tertiary alicyclic amines) is 1. The first-order chi connectivity index (χ1) is 18.8. The van der Waals surface area contributed by atoms with Crippen molar-refractivity contribution in [3.05, 3.63) is 33.7 Å². The number of pyridine rings is 1. The molecule has 0 aliphatic carbocycles. The second-order valence-corrected chi connectivity index (χ2v) is 10.3. The van der Waals surface area contributed by atoms with E-state index in [4.69, 9.17) is 34.0 Å². The van der Waals surface area contributed by atoms with E-state index in [1.807, 2.05) is 4.90 Å². The Kier molecular flexibility index (Phi) is 9.65. The average Bonchev–Trinajstić information content (AvgIpc) is 2.96. The lowest BCUT2D eigenvalue weighted by molar-refractivity contribution is 0.0491. The summed E-state index contributed by atoms with van der Waals surface area (Å²) in [6.45, 7) is 5.56. The zero-order valence-electron chi connectivity index (χ0n) is 22.2. The third-order valence-corrected chi connectivity index (χ3v) is 7.79. The van der Waals surface area contributed by atoms with Crippen LogP contribution in [-0.4, -0.2) is 107 Å². The maximum atomic E-state index is 13.2. The summed E-state index contributed by atoms with van der Waals surface area (Å²) in [5.74, 6) is 0.368. The highest BCUT2D eigenvalue weighted by molar-refractivity contribution is 6.32. The molecule has 2 amide bonds. The molecule has 39 heavy (non-hydrogen) atoms. The number of aliphatic hydroxyl groups is 1. The van der Waals surface area contributed by atoms with E-state index in [2.05, 4.69) is 42.3 Å². The number of aromatic nitrogens is 3. The molecule has 0 saturated carbocycles. The van der Waals surface area contributed by atoms with Crippen molar-refractivity contribution in [3.63, 3.8) is 0 Å². The van der Waals surface area contributed by atoms with Crippen LogP contribution >= 0.6 is 23.2 Å². The Hall–Kier alpha value is -2.93. The van der Waals surface area contributed by atoms with E-state index in [0.29, 0.717) is 54.6 Å². The predicted octanol–water partition coefficient (Wildman–Crippen LogP) is 1.73. The quantitative estimate of drug-likeness (QED) is 0.340. The van der Waals surface area contributed by atoms with Crippen LogP contribution in [0.4, 0.5) is 17.5 Å². The van der Waals surface area contributed by atoms with Gasteiger partial charge in [0.25, 0.3) is 11.8 Å². The molecular weight excluding hydrogens is 545 g/mol. The van der Waals surface area contributed by atoms with Crippen LogP contribution in [0.15, 0.2) is 12.1 Å². The van der Waals surface area contributed by atoms with Gasteiger partial charge in [-0.15, -0.1) is 0 Å². The zero-order chi connectivity index (χ0) is 28.1. The van der Waals surface area contributed by atoms with Crippen molar-refractivity contribution >= 4 is 52.5 Å². The minimum Gasteiger partial charge on any atom is -0.395 e. The minimum atomic E-state index is -0.530. The number of nitrogen functional groups attached to an aromatic ring is 1. The molecule has 212 valence electrons. The summed E-state index contributed by atoms with van der Waals surface area (Å²) < 4.78 is 0. The van der Waals surface area contributed by atoms with Crippen LogP contribution in [0.25, 0.3) is 0 Å². The first-order valence-corrected chi connectivity index (χ1v) is 13.9. The van der Waals surface area contributed by atoms with Crippen molar-refractivity contribution in [2.24, 2.45) is 0 Å². The number of piperidine rings is 1. The third-order valence-electron chi connectivity index (χ3n) is 7.32. The van der Waals surface area contributed by atoms with Crippen molar-refractivity contribution in [1.29, 1.82) is 0 Å². The molecule has 2 aliphatic rings. The van der Waals surface area contributed by atoms with Gasteiger partial charge in [0.15, 0.2) is 22.5 Å². The maximum Gasteiger partial charge on any atom is 0.273 e. The molecule has 0 unspecified atom stereocenters. The van der Waals surface area contributed by atoms with E-state index in [1.54, 1.807) is 19.2 Å². The summed E-state index contributed by atoms with van der Waals surface area (Å²) in [6.07, 6.45) is 2.69. The van der Waals surface area contributed by atoms with Crippen molar-refractivity contribution in [2.45, 2.75) is 38.3 Å². The molecule has 2 aromatic rings. The number of rotatable bonds is 8. The van der Waals surface area contributed by atoms with Crippen LogP contribution in [0.2, 0.25) is 10.3 Å². The van der Waals surface area contributed by atoms with Gasteiger partial charge >= 0.3 is 0 Å². The first kappa shape index (κ1) is 29.1. The lowest BCUT2D eigenvalue weighted by Crippen LogP contribution is -2.58. The van der Waals surface area contributed by atoms with E-state index in [0.717, 1.165) is 25.8 Å². The Morgan fingerprint density at radius 3 is 2.54 bits per heavy atom. The van der Waals surface area contributed by atoms with Crippen LogP contribution in [0.3, 0.4) is 0 Å². The Balaban J connectivity index is 1.39. The number of nitrogens with zero attached hydrogens (tertiary/aromatic N) is 6. The van der Waals surface area contributed by atoms with Gasteiger partial charge < -0.3 is 31.3 Å². The number of carbonyl (C=O) groups is 2. The van der Waals surface area contributed by atoms with Gasteiger partial charge in [0.1, 0.15) is 11.0 Å². The molecule has 5 N–H and O–H groups in total. The van der Waals surface area contributed by atoms with Gasteiger partial charge in [-0.3, -0.25) is 14.5 Å². The highest BCUT2D eigenvalue weighted by Crippen LogP contribution is 2.30. The fourth-order valence-corrected chi connectivity index (χ4v) is 5.71. The Morgan fingerprint density at radius 2 is 1.87 bits per heavy atom. The number of anilines is 3. The standard InChI is InChI=1S/C25H35Cl2N9O3/c1-3-15-14-35(23-20(27)32-19(21(28)33-23)24(38)30-8-13-37)11-12-36(15)16-6-9-34(10-7-16)25(39)17-4-5-18(26)31-22(17)29-2/h4-5,15-16,37H,3,6-14H2,1-2H3,(H2,28,33)(H,29,31)(H,30,38)/t15-/m0/s1. The average molecular weight is 581 g/mol. The molecule has 1 atom stereocenters. The number of halogens is 2. The largest absolute Gasteiger partial charge is 0.395 e. The number of hydrogen-bond donors (Lipinski definition) is 4. The molecule has 2 saturated heterocycles. The summed E-state index contributed by atoms with van der Waals surface area (Å²) in [7, 11) is 1.73. The van der Waals surface area contributed by atoms with Crippen LogP contribution in [0.5, 0.6) is 0 Å². The van der Waals surface area contributed by atoms with Gasteiger partial charge in [-0.25, -0.2) is 15.0 Å². The number of nitrogens with two attached hydrogens (primary N) is 1. The molecule has 0 bridgehead atoms. The summed E-state index contributed by atoms with van der Waals surface area (Å²) in [4.78, 5) is 44.8. The molecule has 4 rings (SSSR count). The monoisotopic (exact) mass is 579 g/mol. The van der Waals surface area contributed by atoms with Gasteiger partial charge in [-0.05, 0) is 31.4 Å². The molecular formula is C25H35Cl2N9O3. The number of carbonyl (C=O) groups excluding carboxylic acids is 2. The lowest BCUT2D eigenvalue weighted by Gasteiger charge is -2.47. The summed E-state index contributed by atoms with van der Waals surface area (Å²) >= 11 is 12.4. The zero-order valence-corrected chi connectivity index (χ0v) is 23.7. The van der Waals surface area contributed by atoms with Crippen LogP contribution in [0.1, 0.15) is 47.0 Å².